The molecule has 2 aliphatic rings. The molecule has 0 saturated carbocycles. The third-order valence-corrected chi connectivity index (χ3v) is 4.85. The van der Waals surface area contributed by atoms with Crippen molar-refractivity contribution in [3.05, 3.63) is 64.7 Å². The predicted octanol–water partition coefficient (Wildman–Crippen LogP) is 4.34. The number of carbonyl (C=O) groups excluding carboxylic acids is 1. The van der Waals surface area contributed by atoms with Crippen LogP contribution in [0.4, 0.5) is 0 Å². The Morgan fingerprint density at radius 1 is 1.04 bits per heavy atom. The van der Waals surface area contributed by atoms with Gasteiger partial charge in [-0.15, -0.1) is 0 Å². The van der Waals surface area contributed by atoms with Crippen molar-refractivity contribution in [1.29, 1.82) is 0 Å². The standard InChI is InChI=1S/C22H20O4/c1-13-7-8-19-17(9-13)18(22(23)26-19)10-14-5-4-6-15-11-20(24-2)21(25-3)12-16(14)15/h5,7-12H,4,6H2,1-3H3/b18-10+. The molecule has 0 atom stereocenters. The van der Waals surface area contributed by atoms with Crippen LogP contribution in [0.1, 0.15) is 28.7 Å². The van der Waals surface area contributed by atoms with Crippen LogP contribution in [-0.4, -0.2) is 20.2 Å². The number of benzene rings is 2. The summed E-state index contributed by atoms with van der Waals surface area (Å²) in [6, 6.07) is 9.78. The van der Waals surface area contributed by atoms with Gasteiger partial charge in [0.2, 0.25) is 0 Å². The normalized spacial score (nSPS) is 16.7. The smallest absolute Gasteiger partial charge is 0.344 e. The molecular weight excluding hydrogens is 328 g/mol. The molecule has 0 amide bonds. The third kappa shape index (κ3) is 2.68. The molecule has 0 saturated heterocycles. The maximum atomic E-state index is 12.4. The molecular formula is C22H20O4. The molecule has 1 heterocycles. The minimum absolute atomic E-state index is 0.306. The lowest BCUT2D eigenvalue weighted by molar-refractivity contribution is -0.126. The van der Waals surface area contributed by atoms with E-state index in [0.717, 1.165) is 40.9 Å². The first kappa shape index (κ1) is 16.5. The second-order valence-corrected chi connectivity index (χ2v) is 6.51. The summed E-state index contributed by atoms with van der Waals surface area (Å²) in [7, 11) is 3.27. The zero-order valence-electron chi connectivity index (χ0n) is 15.1. The number of ether oxygens (including phenoxy) is 3. The molecule has 0 bridgehead atoms. The Balaban J connectivity index is 1.82. The average molecular weight is 348 g/mol. The largest absolute Gasteiger partial charge is 0.493 e. The van der Waals surface area contributed by atoms with E-state index in [-0.39, 0.29) is 5.97 Å². The van der Waals surface area contributed by atoms with Gasteiger partial charge in [-0.1, -0.05) is 17.7 Å². The van der Waals surface area contributed by atoms with E-state index in [1.165, 1.54) is 5.56 Å². The summed E-state index contributed by atoms with van der Waals surface area (Å²) in [5.41, 5.74) is 5.80. The molecule has 4 heteroatoms. The van der Waals surface area contributed by atoms with Crippen LogP contribution < -0.4 is 14.2 Å². The molecule has 0 fully saturated rings. The molecule has 0 radical (unpaired) electrons. The zero-order valence-corrected chi connectivity index (χ0v) is 15.1. The first-order chi connectivity index (χ1) is 12.6. The van der Waals surface area contributed by atoms with Crippen molar-refractivity contribution in [2.75, 3.05) is 14.2 Å². The van der Waals surface area contributed by atoms with Crippen LogP contribution in [0.3, 0.4) is 0 Å². The topological polar surface area (TPSA) is 44.8 Å². The van der Waals surface area contributed by atoms with Crippen molar-refractivity contribution >= 4 is 17.1 Å². The summed E-state index contributed by atoms with van der Waals surface area (Å²) >= 11 is 0. The predicted molar refractivity (Wildman–Crippen MR) is 101 cm³/mol. The van der Waals surface area contributed by atoms with E-state index in [0.29, 0.717) is 17.1 Å². The summed E-state index contributed by atoms with van der Waals surface area (Å²) in [5.74, 6) is 1.72. The van der Waals surface area contributed by atoms with Crippen LogP contribution in [0.15, 0.2) is 42.5 Å². The van der Waals surface area contributed by atoms with Gasteiger partial charge >= 0.3 is 5.97 Å². The number of esters is 1. The Hall–Kier alpha value is -3.01. The first-order valence-corrected chi connectivity index (χ1v) is 8.61. The van der Waals surface area contributed by atoms with Crippen LogP contribution in [0, 0.1) is 6.92 Å². The minimum Gasteiger partial charge on any atom is -0.493 e. The number of allylic oxidation sites excluding steroid dienone is 3. The second kappa shape index (κ2) is 6.37. The second-order valence-electron chi connectivity index (χ2n) is 6.51. The highest BCUT2D eigenvalue weighted by molar-refractivity contribution is 6.23. The highest BCUT2D eigenvalue weighted by Gasteiger charge is 2.28. The molecule has 0 aromatic heterocycles. The average Bonchev–Trinajstić information content (AvgIpc) is 2.95. The fraction of sp³-hybridized carbons (Fsp3) is 0.227. The van der Waals surface area contributed by atoms with Crippen molar-refractivity contribution in [2.45, 2.75) is 19.8 Å². The number of hydrogen-bond donors (Lipinski definition) is 0. The molecule has 0 N–H and O–H groups in total. The van der Waals surface area contributed by atoms with Gasteiger partial charge in [0, 0.05) is 5.56 Å². The first-order valence-electron chi connectivity index (χ1n) is 8.61. The van der Waals surface area contributed by atoms with Gasteiger partial charge in [0.25, 0.3) is 0 Å². The van der Waals surface area contributed by atoms with E-state index in [1.807, 2.05) is 43.3 Å². The Labute approximate surface area is 152 Å². The summed E-state index contributed by atoms with van der Waals surface area (Å²) in [4.78, 5) is 12.4. The molecule has 4 nitrogen and oxygen atoms in total. The van der Waals surface area contributed by atoms with Gasteiger partial charge in [-0.2, -0.15) is 0 Å². The number of aryl methyl sites for hydroxylation is 2. The van der Waals surface area contributed by atoms with Crippen molar-refractivity contribution in [1.82, 2.24) is 0 Å². The zero-order chi connectivity index (χ0) is 18.3. The van der Waals surface area contributed by atoms with Gasteiger partial charge in [-0.25, -0.2) is 4.79 Å². The molecule has 1 aliphatic heterocycles. The lowest BCUT2D eigenvalue weighted by atomic mass is 9.88. The van der Waals surface area contributed by atoms with Crippen LogP contribution in [-0.2, 0) is 11.2 Å². The number of rotatable bonds is 3. The fourth-order valence-electron chi connectivity index (χ4n) is 3.53. The summed E-state index contributed by atoms with van der Waals surface area (Å²) < 4.78 is 16.3. The van der Waals surface area contributed by atoms with Crippen molar-refractivity contribution < 1.29 is 19.0 Å². The SMILES string of the molecule is COc1cc2c(cc1OC)C(/C=C1/C(=O)Oc3ccc(C)cc31)=CCC2. The molecule has 4 rings (SSSR count). The number of methoxy groups -OCH3 is 2. The van der Waals surface area contributed by atoms with E-state index >= 15 is 0 Å². The van der Waals surface area contributed by atoms with Crippen LogP contribution in [0.25, 0.3) is 11.1 Å². The van der Waals surface area contributed by atoms with Crippen LogP contribution in [0.2, 0.25) is 0 Å². The van der Waals surface area contributed by atoms with E-state index in [2.05, 4.69) is 6.08 Å². The van der Waals surface area contributed by atoms with E-state index in [4.69, 9.17) is 14.2 Å². The minimum atomic E-state index is -0.306. The van der Waals surface area contributed by atoms with Gasteiger partial charge in [0.05, 0.1) is 19.8 Å². The van der Waals surface area contributed by atoms with Gasteiger partial charge < -0.3 is 14.2 Å². The maximum absolute atomic E-state index is 12.4. The number of carbonyl (C=O) groups is 1. The third-order valence-electron chi connectivity index (χ3n) is 4.85. The highest BCUT2D eigenvalue weighted by Crippen LogP contribution is 2.40. The van der Waals surface area contributed by atoms with Gasteiger partial charge in [-0.3, -0.25) is 0 Å². The molecule has 2 aromatic carbocycles. The summed E-state index contributed by atoms with van der Waals surface area (Å²) in [6.45, 7) is 2.01. The van der Waals surface area contributed by atoms with Gasteiger partial charge in [0.1, 0.15) is 5.75 Å². The lowest BCUT2D eigenvalue weighted by Crippen LogP contribution is -2.04. The Morgan fingerprint density at radius 2 is 1.81 bits per heavy atom. The Bertz CT molecular complexity index is 966. The van der Waals surface area contributed by atoms with E-state index in [9.17, 15) is 4.79 Å². The van der Waals surface area contributed by atoms with Gasteiger partial charge in [-0.05, 0) is 66.8 Å². The molecule has 26 heavy (non-hydrogen) atoms. The van der Waals surface area contributed by atoms with E-state index in [1.54, 1.807) is 14.2 Å². The summed E-state index contributed by atoms with van der Waals surface area (Å²) in [6.07, 6.45) is 5.93. The van der Waals surface area contributed by atoms with Gasteiger partial charge in [0.15, 0.2) is 11.5 Å². The molecule has 0 spiro atoms. The van der Waals surface area contributed by atoms with Crippen molar-refractivity contribution in [3.8, 4) is 17.2 Å². The lowest BCUT2D eigenvalue weighted by Gasteiger charge is -2.19. The quantitative estimate of drug-likeness (QED) is 0.470. The van der Waals surface area contributed by atoms with Crippen LogP contribution >= 0.6 is 0 Å². The fourth-order valence-corrected chi connectivity index (χ4v) is 3.53. The van der Waals surface area contributed by atoms with Crippen LogP contribution in [0.5, 0.6) is 17.2 Å². The Kier molecular flexibility index (Phi) is 4.03. The number of hydrogen-bond acceptors (Lipinski definition) is 4. The van der Waals surface area contributed by atoms with Crippen molar-refractivity contribution in [2.24, 2.45) is 0 Å². The highest BCUT2D eigenvalue weighted by atomic mass is 16.5. The Morgan fingerprint density at radius 3 is 2.58 bits per heavy atom. The molecule has 1 aliphatic carbocycles. The monoisotopic (exact) mass is 348 g/mol. The maximum Gasteiger partial charge on any atom is 0.344 e. The molecule has 2 aromatic rings. The molecule has 132 valence electrons. The van der Waals surface area contributed by atoms with Crippen molar-refractivity contribution in [3.63, 3.8) is 0 Å². The molecule has 0 unspecified atom stereocenters. The summed E-state index contributed by atoms with van der Waals surface area (Å²) in [5, 5.41) is 0. The van der Waals surface area contributed by atoms with E-state index < -0.39 is 0 Å². The number of fused-ring (bicyclic) bond motifs is 2.